The number of rotatable bonds is 7. The average molecular weight is 557 g/mol. The lowest BCUT2D eigenvalue weighted by Crippen LogP contribution is -2.35. The number of sulfonamides is 1. The van der Waals surface area contributed by atoms with Gasteiger partial charge in [-0.15, -0.1) is 11.8 Å². The number of fused-ring (bicyclic) bond motifs is 2. The topological polar surface area (TPSA) is 145 Å². The van der Waals surface area contributed by atoms with E-state index in [-0.39, 0.29) is 35.9 Å². The molecule has 0 radical (unpaired) electrons. The van der Waals surface area contributed by atoms with Crippen LogP contribution < -0.4 is 30.4 Å². The summed E-state index contributed by atoms with van der Waals surface area (Å²) in [5, 5.41) is 5.66. The lowest BCUT2D eigenvalue weighted by Gasteiger charge is -2.22. The molecule has 3 aromatic rings. The van der Waals surface area contributed by atoms with Gasteiger partial charge >= 0.3 is 0 Å². The van der Waals surface area contributed by atoms with Gasteiger partial charge in [0.15, 0.2) is 11.5 Å². The van der Waals surface area contributed by atoms with Crippen molar-refractivity contribution >= 4 is 50.7 Å². The summed E-state index contributed by atoms with van der Waals surface area (Å²) >= 11 is 1.19. The van der Waals surface area contributed by atoms with E-state index in [1.54, 1.807) is 42.5 Å². The number of hydrogen-bond acceptors (Lipinski definition) is 8. The Balaban J connectivity index is 1.65. The number of para-hydroxylation sites is 1. The number of carbonyl (C=O) groups is 2. The summed E-state index contributed by atoms with van der Waals surface area (Å²) in [5.74, 6) is 0.329. The minimum atomic E-state index is -3.80. The minimum absolute atomic E-state index is 0.0834. The van der Waals surface area contributed by atoms with Crippen molar-refractivity contribution in [3.8, 4) is 11.5 Å². The summed E-state index contributed by atoms with van der Waals surface area (Å²) < 4.78 is 39.4. The summed E-state index contributed by atoms with van der Waals surface area (Å²) in [6.07, 6.45) is 1.09. The standard InChI is InChI=1S/C25H24N4O7S2/c1-14(30)26-21-17(10-15-8-9-19-20(11-15)36-13-35-19)22(28-38(2,33)34)25-29(24(21)32)18(12-37-25)23(31)27-16-6-4-3-5-7-16/h3-9,11,18,28H,10,12-13H2,1-2H3,(H,26,30)(H,27,31)/t18-/m0/s1. The van der Waals surface area contributed by atoms with Crippen LogP contribution in [0.4, 0.5) is 17.1 Å². The molecule has 11 nitrogen and oxygen atoms in total. The molecule has 1 aromatic heterocycles. The highest BCUT2D eigenvalue weighted by Crippen LogP contribution is 2.43. The maximum absolute atomic E-state index is 13.8. The van der Waals surface area contributed by atoms with Crippen LogP contribution >= 0.6 is 11.8 Å². The van der Waals surface area contributed by atoms with Gasteiger partial charge in [0.25, 0.3) is 5.56 Å². The number of carbonyl (C=O) groups excluding carboxylic acids is 2. The molecule has 13 heteroatoms. The Kier molecular flexibility index (Phi) is 6.80. The first-order valence-corrected chi connectivity index (χ1v) is 14.4. The third-order valence-electron chi connectivity index (χ3n) is 5.91. The number of hydrogen-bond donors (Lipinski definition) is 3. The van der Waals surface area contributed by atoms with E-state index in [0.29, 0.717) is 27.8 Å². The molecule has 2 aliphatic heterocycles. The fourth-order valence-corrected chi connectivity index (χ4v) is 6.28. The first kappa shape index (κ1) is 25.7. The van der Waals surface area contributed by atoms with Crippen LogP contribution in [0.1, 0.15) is 24.1 Å². The highest BCUT2D eigenvalue weighted by molar-refractivity contribution is 7.99. The van der Waals surface area contributed by atoms with Crippen molar-refractivity contribution in [3.63, 3.8) is 0 Å². The third kappa shape index (κ3) is 5.20. The largest absolute Gasteiger partial charge is 0.454 e. The Labute approximate surface area is 222 Å². The number of thioether (sulfide) groups is 1. The van der Waals surface area contributed by atoms with Crippen molar-refractivity contribution in [1.82, 2.24) is 4.57 Å². The lowest BCUT2D eigenvalue weighted by atomic mass is 10.0. The highest BCUT2D eigenvalue weighted by atomic mass is 32.2. The first-order valence-electron chi connectivity index (χ1n) is 11.5. The van der Waals surface area contributed by atoms with Gasteiger partial charge < -0.3 is 20.1 Å². The molecule has 0 aliphatic carbocycles. The predicted octanol–water partition coefficient (Wildman–Crippen LogP) is 2.78. The number of anilines is 3. The molecule has 3 heterocycles. The number of ether oxygens (including phenoxy) is 2. The van der Waals surface area contributed by atoms with E-state index in [1.807, 2.05) is 6.07 Å². The van der Waals surface area contributed by atoms with Crippen molar-refractivity contribution in [1.29, 1.82) is 0 Å². The minimum Gasteiger partial charge on any atom is -0.454 e. The molecule has 38 heavy (non-hydrogen) atoms. The van der Waals surface area contributed by atoms with Gasteiger partial charge in [0.1, 0.15) is 16.8 Å². The van der Waals surface area contributed by atoms with E-state index in [4.69, 9.17) is 9.47 Å². The van der Waals surface area contributed by atoms with Gasteiger partial charge in [-0.05, 0) is 29.8 Å². The number of aromatic nitrogens is 1. The van der Waals surface area contributed by atoms with Crippen LogP contribution in [0.3, 0.4) is 0 Å². The maximum Gasteiger partial charge on any atom is 0.276 e. The van der Waals surface area contributed by atoms with Crippen LogP contribution in [0, 0.1) is 0 Å². The first-order chi connectivity index (χ1) is 18.1. The quantitative estimate of drug-likeness (QED) is 0.403. The summed E-state index contributed by atoms with van der Waals surface area (Å²) in [4.78, 5) is 39.2. The molecule has 5 rings (SSSR count). The molecule has 1 atom stereocenters. The van der Waals surface area contributed by atoms with Gasteiger partial charge in [0, 0.05) is 30.3 Å². The SMILES string of the molecule is CC(=O)Nc1c(Cc2ccc3c(c2)OCO3)c(NS(C)(=O)=O)c2n(c1=O)[C@H](C(=O)Nc1ccccc1)CS2. The Bertz CT molecular complexity index is 1600. The molecule has 3 N–H and O–H groups in total. The van der Waals surface area contributed by atoms with E-state index < -0.39 is 33.4 Å². The van der Waals surface area contributed by atoms with Crippen LogP contribution in [0.15, 0.2) is 58.4 Å². The second-order valence-electron chi connectivity index (χ2n) is 8.81. The summed E-state index contributed by atoms with van der Waals surface area (Å²) in [5.41, 5.74) is 0.947. The highest BCUT2D eigenvalue weighted by Gasteiger charge is 2.36. The Hall–Kier alpha value is -3.97. The van der Waals surface area contributed by atoms with Crippen molar-refractivity contribution in [2.75, 3.05) is 34.2 Å². The normalized spacial score (nSPS) is 15.6. The zero-order valence-corrected chi connectivity index (χ0v) is 22.1. The summed E-state index contributed by atoms with van der Waals surface area (Å²) in [7, 11) is -3.80. The molecule has 198 valence electrons. The fraction of sp³-hybridized carbons (Fsp3) is 0.240. The Morgan fingerprint density at radius 2 is 1.79 bits per heavy atom. The molecule has 2 amide bonds. The molecule has 0 unspecified atom stereocenters. The van der Waals surface area contributed by atoms with E-state index in [0.717, 1.165) is 6.26 Å². The molecular weight excluding hydrogens is 532 g/mol. The fourth-order valence-electron chi connectivity index (χ4n) is 4.34. The van der Waals surface area contributed by atoms with E-state index in [2.05, 4.69) is 15.4 Å². The average Bonchev–Trinajstić information content (AvgIpc) is 3.51. The Morgan fingerprint density at radius 3 is 2.50 bits per heavy atom. The van der Waals surface area contributed by atoms with E-state index in [1.165, 1.54) is 23.3 Å². The maximum atomic E-state index is 13.8. The smallest absolute Gasteiger partial charge is 0.276 e. The number of amides is 2. The van der Waals surface area contributed by atoms with Gasteiger partial charge in [-0.2, -0.15) is 0 Å². The second-order valence-corrected chi connectivity index (χ2v) is 11.6. The van der Waals surface area contributed by atoms with Crippen LogP contribution in [-0.2, 0) is 26.0 Å². The number of nitrogens with one attached hydrogen (secondary N) is 3. The lowest BCUT2D eigenvalue weighted by molar-refractivity contribution is -0.118. The second kappa shape index (κ2) is 10.1. The zero-order chi connectivity index (χ0) is 27.0. The van der Waals surface area contributed by atoms with Crippen LogP contribution in [-0.4, -0.2) is 43.6 Å². The van der Waals surface area contributed by atoms with Crippen molar-refractivity contribution in [2.45, 2.75) is 24.4 Å². The molecular formula is C25H24N4O7S2. The molecule has 2 aromatic carbocycles. The summed E-state index contributed by atoms with van der Waals surface area (Å²) in [6.45, 7) is 1.33. The van der Waals surface area contributed by atoms with Gasteiger partial charge in [-0.3, -0.25) is 23.7 Å². The van der Waals surface area contributed by atoms with E-state index in [9.17, 15) is 22.8 Å². The monoisotopic (exact) mass is 556 g/mol. The van der Waals surface area contributed by atoms with Crippen LogP contribution in [0.25, 0.3) is 0 Å². The number of pyridine rings is 1. The van der Waals surface area contributed by atoms with Crippen LogP contribution in [0.2, 0.25) is 0 Å². The van der Waals surface area contributed by atoms with Crippen molar-refractivity contribution in [3.05, 3.63) is 70.0 Å². The molecule has 2 aliphatic rings. The molecule has 0 saturated heterocycles. The third-order valence-corrected chi connectivity index (χ3v) is 7.64. The van der Waals surface area contributed by atoms with Gasteiger partial charge in [0.05, 0.1) is 11.9 Å². The Morgan fingerprint density at radius 1 is 1.05 bits per heavy atom. The van der Waals surface area contributed by atoms with Crippen molar-refractivity contribution in [2.24, 2.45) is 0 Å². The van der Waals surface area contributed by atoms with E-state index >= 15 is 0 Å². The number of benzene rings is 2. The van der Waals surface area contributed by atoms with Gasteiger partial charge in [-0.25, -0.2) is 8.42 Å². The van der Waals surface area contributed by atoms with Crippen molar-refractivity contribution < 1.29 is 27.5 Å². The predicted molar refractivity (Wildman–Crippen MR) is 144 cm³/mol. The molecule has 0 bridgehead atoms. The van der Waals surface area contributed by atoms with Crippen LogP contribution in [0.5, 0.6) is 11.5 Å². The zero-order valence-electron chi connectivity index (χ0n) is 20.4. The van der Waals surface area contributed by atoms with Gasteiger partial charge in [-0.1, -0.05) is 24.3 Å². The summed E-state index contributed by atoms with van der Waals surface area (Å²) in [6, 6.07) is 13.1. The molecule has 0 saturated carbocycles. The molecule has 0 spiro atoms. The molecule has 0 fully saturated rings. The van der Waals surface area contributed by atoms with Gasteiger partial charge in [0.2, 0.25) is 28.6 Å². The number of nitrogens with zero attached hydrogens (tertiary/aromatic N) is 1.